The number of thiocarbonyl (C=S) groups is 1. The Hall–Kier alpha value is -3.19. The van der Waals surface area contributed by atoms with Crippen LogP contribution in [0.1, 0.15) is 11.3 Å². The molecule has 2 aromatic carbocycles. The molecule has 0 unspecified atom stereocenters. The number of carbonyl (C=O) groups is 1. The number of nitrogens with zero attached hydrogens (tertiary/aromatic N) is 3. The zero-order valence-electron chi connectivity index (χ0n) is 15.6. The van der Waals surface area contributed by atoms with E-state index in [4.69, 9.17) is 12.2 Å². The largest absolute Gasteiger partial charge is 0.350 e. The first-order valence-corrected chi connectivity index (χ1v) is 9.42. The standard InChI is InChI=1S/C21H20N4O2S/c1-14-18(20(27)25(23(14)2)16-11-7-4-8-12-16)24-19(26)17(22-21(24)28)13-15-9-5-3-6-10-15/h3-12,17H,13H2,1-2H3,(H,22,28)/t17-/m1/s1. The number of aromatic nitrogens is 2. The monoisotopic (exact) mass is 392 g/mol. The number of nitrogens with one attached hydrogen (secondary N) is 1. The second-order valence-corrected chi connectivity index (χ2v) is 7.16. The lowest BCUT2D eigenvalue weighted by Crippen LogP contribution is -2.36. The number of rotatable bonds is 4. The molecule has 3 aromatic rings. The summed E-state index contributed by atoms with van der Waals surface area (Å²) in [6, 6.07) is 18.6. The van der Waals surface area contributed by atoms with Gasteiger partial charge < -0.3 is 5.32 Å². The number of carbonyl (C=O) groups excluding carboxylic acids is 1. The highest BCUT2D eigenvalue weighted by atomic mass is 32.1. The summed E-state index contributed by atoms with van der Waals surface area (Å²) in [6.45, 7) is 1.82. The Bertz CT molecular complexity index is 1100. The summed E-state index contributed by atoms with van der Waals surface area (Å²) < 4.78 is 3.29. The average Bonchev–Trinajstić information content (AvgIpc) is 3.09. The number of benzene rings is 2. The lowest BCUT2D eigenvalue weighted by Gasteiger charge is -2.13. The summed E-state index contributed by atoms with van der Waals surface area (Å²) in [5.74, 6) is -0.208. The highest BCUT2D eigenvalue weighted by Crippen LogP contribution is 2.23. The Morgan fingerprint density at radius 3 is 2.25 bits per heavy atom. The first-order chi connectivity index (χ1) is 13.5. The smallest absolute Gasteiger partial charge is 0.296 e. The van der Waals surface area contributed by atoms with Gasteiger partial charge in [-0.05, 0) is 36.8 Å². The van der Waals surface area contributed by atoms with E-state index < -0.39 is 6.04 Å². The normalized spacial score (nSPS) is 16.5. The molecule has 1 aliphatic heterocycles. The van der Waals surface area contributed by atoms with Gasteiger partial charge in [0.05, 0.1) is 11.4 Å². The van der Waals surface area contributed by atoms with E-state index >= 15 is 0 Å². The number of anilines is 1. The van der Waals surface area contributed by atoms with Gasteiger partial charge in [-0.3, -0.25) is 14.3 Å². The number of amides is 1. The van der Waals surface area contributed by atoms with Crippen LogP contribution < -0.4 is 15.8 Å². The Kier molecular flexibility index (Phi) is 4.60. The fourth-order valence-electron chi connectivity index (χ4n) is 3.54. The van der Waals surface area contributed by atoms with E-state index in [1.165, 1.54) is 4.90 Å². The Morgan fingerprint density at radius 2 is 1.61 bits per heavy atom. The van der Waals surface area contributed by atoms with Crippen molar-refractivity contribution in [1.82, 2.24) is 14.7 Å². The van der Waals surface area contributed by atoms with Gasteiger partial charge in [-0.15, -0.1) is 0 Å². The van der Waals surface area contributed by atoms with Crippen LogP contribution in [-0.2, 0) is 18.3 Å². The van der Waals surface area contributed by atoms with E-state index in [9.17, 15) is 9.59 Å². The molecule has 6 nitrogen and oxygen atoms in total. The predicted molar refractivity (Wildman–Crippen MR) is 113 cm³/mol. The van der Waals surface area contributed by atoms with Crippen molar-refractivity contribution in [2.75, 3.05) is 4.90 Å². The minimum absolute atomic E-state index is 0.208. The fraction of sp³-hybridized carbons (Fsp3) is 0.190. The molecule has 0 bridgehead atoms. The van der Waals surface area contributed by atoms with Gasteiger partial charge in [0, 0.05) is 13.5 Å². The molecule has 1 aliphatic rings. The third-order valence-electron chi connectivity index (χ3n) is 5.05. The van der Waals surface area contributed by atoms with Crippen molar-refractivity contribution >= 4 is 28.9 Å². The summed E-state index contributed by atoms with van der Waals surface area (Å²) in [5, 5.41) is 3.34. The highest BCUT2D eigenvalue weighted by Gasteiger charge is 2.39. The van der Waals surface area contributed by atoms with Crippen LogP contribution in [0.25, 0.3) is 5.69 Å². The molecule has 4 rings (SSSR count). The third-order valence-corrected chi connectivity index (χ3v) is 5.35. The maximum absolute atomic E-state index is 13.2. The molecule has 0 aliphatic carbocycles. The fourth-order valence-corrected chi connectivity index (χ4v) is 3.87. The third kappa shape index (κ3) is 2.93. The van der Waals surface area contributed by atoms with Crippen molar-refractivity contribution < 1.29 is 4.79 Å². The van der Waals surface area contributed by atoms with Crippen molar-refractivity contribution in [2.24, 2.45) is 7.05 Å². The molecule has 28 heavy (non-hydrogen) atoms. The molecule has 0 radical (unpaired) electrons. The van der Waals surface area contributed by atoms with Crippen LogP contribution in [0.3, 0.4) is 0 Å². The quantitative estimate of drug-likeness (QED) is 0.693. The van der Waals surface area contributed by atoms with Gasteiger partial charge in [0.25, 0.3) is 11.5 Å². The van der Waals surface area contributed by atoms with Crippen molar-refractivity contribution in [2.45, 2.75) is 19.4 Å². The molecule has 2 heterocycles. The van der Waals surface area contributed by atoms with Crippen LogP contribution in [0, 0.1) is 6.92 Å². The van der Waals surface area contributed by atoms with Gasteiger partial charge in [0.2, 0.25) is 0 Å². The molecule has 1 fully saturated rings. The van der Waals surface area contributed by atoms with Gasteiger partial charge in [-0.1, -0.05) is 48.5 Å². The molecular formula is C21H20N4O2S. The van der Waals surface area contributed by atoms with Gasteiger partial charge in [0.1, 0.15) is 11.7 Å². The van der Waals surface area contributed by atoms with Crippen molar-refractivity contribution in [3.8, 4) is 5.69 Å². The summed E-state index contributed by atoms with van der Waals surface area (Å²) in [5.41, 5.74) is 2.46. The summed E-state index contributed by atoms with van der Waals surface area (Å²) in [6.07, 6.45) is 0.509. The second-order valence-electron chi connectivity index (χ2n) is 6.78. The molecule has 1 N–H and O–H groups in total. The minimum Gasteiger partial charge on any atom is -0.350 e. The molecule has 142 valence electrons. The van der Waals surface area contributed by atoms with Gasteiger partial charge in [-0.25, -0.2) is 9.58 Å². The first-order valence-electron chi connectivity index (χ1n) is 9.01. The molecule has 7 heteroatoms. The van der Waals surface area contributed by atoms with E-state index in [-0.39, 0.29) is 16.6 Å². The Labute approximate surface area is 168 Å². The average molecular weight is 392 g/mol. The van der Waals surface area contributed by atoms with Crippen LogP contribution in [0.5, 0.6) is 0 Å². The predicted octanol–water partition coefficient (Wildman–Crippen LogP) is 2.32. The van der Waals surface area contributed by atoms with Crippen molar-refractivity contribution in [3.05, 3.63) is 82.3 Å². The van der Waals surface area contributed by atoms with E-state index in [0.717, 1.165) is 11.3 Å². The van der Waals surface area contributed by atoms with Crippen molar-refractivity contribution in [3.63, 3.8) is 0 Å². The van der Waals surface area contributed by atoms with E-state index in [1.54, 1.807) is 16.4 Å². The lowest BCUT2D eigenvalue weighted by molar-refractivity contribution is -0.118. The second kappa shape index (κ2) is 7.09. The number of hydrogen-bond acceptors (Lipinski definition) is 3. The first kappa shape index (κ1) is 18.2. The highest BCUT2D eigenvalue weighted by molar-refractivity contribution is 7.80. The topological polar surface area (TPSA) is 59.3 Å². The summed E-state index contributed by atoms with van der Waals surface area (Å²) >= 11 is 5.42. The van der Waals surface area contributed by atoms with Gasteiger partial charge in [0.15, 0.2) is 5.11 Å². The number of para-hydroxylation sites is 1. The summed E-state index contributed by atoms with van der Waals surface area (Å²) in [7, 11) is 1.80. The number of hydrogen-bond donors (Lipinski definition) is 1. The van der Waals surface area contributed by atoms with Crippen LogP contribution in [-0.4, -0.2) is 26.4 Å². The van der Waals surface area contributed by atoms with Crippen molar-refractivity contribution in [1.29, 1.82) is 0 Å². The zero-order valence-corrected chi connectivity index (χ0v) is 16.4. The maximum Gasteiger partial charge on any atom is 0.296 e. The molecule has 0 saturated carbocycles. The van der Waals surface area contributed by atoms with Gasteiger partial charge in [-0.2, -0.15) is 0 Å². The molecule has 1 amide bonds. The molecule has 1 atom stereocenters. The Balaban J connectivity index is 1.72. The Morgan fingerprint density at radius 1 is 1.00 bits per heavy atom. The summed E-state index contributed by atoms with van der Waals surface area (Å²) in [4.78, 5) is 27.7. The van der Waals surface area contributed by atoms with E-state index in [0.29, 0.717) is 17.8 Å². The zero-order chi connectivity index (χ0) is 19.8. The van der Waals surface area contributed by atoms with Crippen LogP contribution in [0.2, 0.25) is 0 Å². The van der Waals surface area contributed by atoms with Crippen LogP contribution in [0.15, 0.2) is 65.5 Å². The molecular weight excluding hydrogens is 372 g/mol. The van der Waals surface area contributed by atoms with Crippen LogP contribution >= 0.6 is 12.2 Å². The van der Waals surface area contributed by atoms with E-state index in [2.05, 4.69) is 5.32 Å². The van der Waals surface area contributed by atoms with E-state index in [1.807, 2.05) is 67.6 Å². The van der Waals surface area contributed by atoms with Gasteiger partial charge >= 0.3 is 0 Å². The molecule has 0 spiro atoms. The maximum atomic E-state index is 13.2. The lowest BCUT2D eigenvalue weighted by atomic mass is 10.1. The molecule has 1 saturated heterocycles. The minimum atomic E-state index is -0.487. The molecule has 1 aromatic heterocycles. The SMILES string of the molecule is Cc1c(N2C(=O)[C@@H](Cc3ccccc3)NC2=S)c(=O)n(-c2ccccc2)n1C. The van der Waals surface area contributed by atoms with Crippen LogP contribution in [0.4, 0.5) is 5.69 Å².